The molecule has 0 bridgehead atoms. The summed E-state index contributed by atoms with van der Waals surface area (Å²) in [6.45, 7) is 3.89. The second-order valence-electron chi connectivity index (χ2n) is 3.57. The molecule has 0 aromatic heterocycles. The van der Waals surface area contributed by atoms with Crippen LogP contribution < -0.4 is 0 Å². The summed E-state index contributed by atoms with van der Waals surface area (Å²) >= 11 is 0. The first-order valence-corrected chi connectivity index (χ1v) is 8.31. The van der Waals surface area contributed by atoms with Gasteiger partial charge in [-0.2, -0.15) is 25.6 Å². The second-order valence-corrected chi connectivity index (χ2v) is 6.50. The lowest BCUT2D eigenvalue weighted by molar-refractivity contribution is -0.0507. The molecular weight excluding hydrogens is 308 g/mol. The van der Waals surface area contributed by atoms with Crippen LogP contribution in [-0.4, -0.2) is 27.1 Å². The van der Waals surface area contributed by atoms with E-state index in [9.17, 15) is 21.6 Å². The van der Waals surface area contributed by atoms with Crippen LogP contribution in [0, 0.1) is 0 Å². The van der Waals surface area contributed by atoms with Crippen molar-refractivity contribution in [3.8, 4) is 0 Å². The van der Waals surface area contributed by atoms with E-state index in [1.165, 1.54) is 0 Å². The van der Waals surface area contributed by atoms with Crippen LogP contribution in [0.5, 0.6) is 0 Å². The fourth-order valence-electron chi connectivity index (χ4n) is 0.770. The molecule has 0 amide bonds. The second kappa shape index (κ2) is 9.07. The number of halogens is 3. The number of hydrogen-bond donors (Lipinski definition) is 0. The number of unbranched alkanes of at least 4 members (excludes halogenated alkanes) is 2. The van der Waals surface area contributed by atoms with Gasteiger partial charge in [0.2, 0.25) is 0 Å². The number of hydrogen-bond acceptors (Lipinski definition) is 5. The van der Waals surface area contributed by atoms with Crippen molar-refractivity contribution in [3.63, 3.8) is 0 Å². The van der Waals surface area contributed by atoms with Gasteiger partial charge in [0.15, 0.2) is 0 Å². The molecule has 0 aliphatic rings. The molecule has 0 saturated carbocycles. The lowest BCUT2D eigenvalue weighted by Gasteiger charge is -2.16. The van der Waals surface area contributed by atoms with Gasteiger partial charge in [-0.15, -0.1) is 0 Å². The molecule has 5 nitrogen and oxygen atoms in total. The van der Waals surface area contributed by atoms with Gasteiger partial charge in [0, 0.05) is 0 Å². The van der Waals surface area contributed by atoms with Crippen molar-refractivity contribution in [2.45, 2.75) is 45.0 Å². The third kappa shape index (κ3) is 8.04. The summed E-state index contributed by atoms with van der Waals surface area (Å²) in [5.74, 6) is 0. The van der Waals surface area contributed by atoms with E-state index in [1.807, 2.05) is 13.8 Å². The monoisotopic (exact) mass is 326 g/mol. The van der Waals surface area contributed by atoms with E-state index >= 15 is 0 Å². The van der Waals surface area contributed by atoms with Gasteiger partial charge < -0.3 is 9.05 Å². The van der Waals surface area contributed by atoms with Crippen LogP contribution >= 0.6 is 8.60 Å². The van der Waals surface area contributed by atoms with E-state index in [-0.39, 0.29) is 13.2 Å². The third-order valence-electron chi connectivity index (χ3n) is 1.83. The van der Waals surface area contributed by atoms with E-state index in [1.54, 1.807) is 0 Å². The summed E-state index contributed by atoms with van der Waals surface area (Å²) in [6, 6.07) is 0. The highest BCUT2D eigenvalue weighted by Crippen LogP contribution is 2.45. The molecule has 0 atom stereocenters. The van der Waals surface area contributed by atoms with E-state index in [2.05, 4.69) is 3.97 Å². The minimum atomic E-state index is -5.69. The molecule has 0 aromatic carbocycles. The van der Waals surface area contributed by atoms with Crippen molar-refractivity contribution >= 4 is 18.7 Å². The van der Waals surface area contributed by atoms with E-state index in [4.69, 9.17) is 9.05 Å². The van der Waals surface area contributed by atoms with Crippen LogP contribution in [0.1, 0.15) is 39.5 Å². The highest BCUT2D eigenvalue weighted by atomic mass is 32.2. The van der Waals surface area contributed by atoms with Crippen molar-refractivity contribution in [1.29, 1.82) is 0 Å². The van der Waals surface area contributed by atoms with Crippen molar-refractivity contribution in [3.05, 3.63) is 0 Å². The maximum atomic E-state index is 12.2. The first-order valence-electron chi connectivity index (χ1n) is 5.81. The Labute approximate surface area is 112 Å². The lowest BCUT2D eigenvalue weighted by Crippen LogP contribution is -2.24. The Hall–Kier alpha value is 0.0500. The van der Waals surface area contributed by atoms with Gasteiger partial charge in [0.05, 0.1) is 13.2 Å². The van der Waals surface area contributed by atoms with Gasteiger partial charge in [-0.25, -0.2) is 0 Å². The lowest BCUT2D eigenvalue weighted by atomic mass is 10.4. The quantitative estimate of drug-likeness (QED) is 0.348. The van der Waals surface area contributed by atoms with E-state index in [0.29, 0.717) is 12.8 Å². The van der Waals surface area contributed by atoms with Crippen LogP contribution in [0.3, 0.4) is 0 Å². The van der Waals surface area contributed by atoms with Gasteiger partial charge in [-0.05, 0) is 12.8 Å². The van der Waals surface area contributed by atoms with Gasteiger partial charge in [0.25, 0.3) is 0 Å². The Kier molecular flexibility index (Phi) is 9.10. The zero-order valence-electron chi connectivity index (χ0n) is 10.8. The average Bonchev–Trinajstić information content (AvgIpc) is 2.27. The first-order chi connectivity index (χ1) is 8.74. The summed E-state index contributed by atoms with van der Waals surface area (Å²) < 4.78 is 71.9. The molecule has 0 N–H and O–H groups in total. The maximum absolute atomic E-state index is 12.2. The van der Waals surface area contributed by atoms with Crippen molar-refractivity contribution in [2.75, 3.05) is 13.2 Å². The Morgan fingerprint density at radius 2 is 1.42 bits per heavy atom. The molecule has 19 heavy (non-hydrogen) atoms. The summed E-state index contributed by atoms with van der Waals surface area (Å²) in [6.07, 6.45) is 2.66. The molecule has 0 heterocycles. The Morgan fingerprint density at radius 1 is 1.00 bits per heavy atom. The van der Waals surface area contributed by atoms with Gasteiger partial charge in [0.1, 0.15) is 0 Å². The zero-order chi connectivity index (χ0) is 14.9. The van der Waals surface area contributed by atoms with Crippen LogP contribution in [0.4, 0.5) is 13.2 Å². The van der Waals surface area contributed by atoms with Gasteiger partial charge >= 0.3 is 24.2 Å². The molecule has 0 saturated heterocycles. The molecule has 0 fully saturated rings. The Bertz CT molecular complexity index is 323. The summed E-state index contributed by atoms with van der Waals surface area (Å²) in [5.41, 5.74) is -5.48. The van der Waals surface area contributed by atoms with E-state index < -0.39 is 24.2 Å². The minimum absolute atomic E-state index is 0.0850. The third-order valence-corrected chi connectivity index (χ3v) is 4.46. The number of rotatable bonds is 10. The van der Waals surface area contributed by atoms with Crippen molar-refractivity contribution < 1.29 is 34.6 Å². The molecule has 10 heteroatoms. The molecule has 0 unspecified atom stereocenters. The summed E-state index contributed by atoms with van der Waals surface area (Å²) in [5, 5.41) is 0. The zero-order valence-corrected chi connectivity index (χ0v) is 12.5. The highest BCUT2D eigenvalue weighted by molar-refractivity contribution is 7.91. The topological polar surface area (TPSA) is 61.8 Å². The Balaban J connectivity index is 4.47. The van der Waals surface area contributed by atoms with E-state index in [0.717, 1.165) is 12.8 Å². The SMILES string of the molecule is CCCCOP(OCCCC)OS(=O)(=O)C(F)(F)F. The van der Waals surface area contributed by atoms with Crippen LogP contribution in [-0.2, 0) is 23.1 Å². The highest BCUT2D eigenvalue weighted by Gasteiger charge is 2.49. The van der Waals surface area contributed by atoms with Gasteiger partial charge in [-0.3, -0.25) is 0 Å². The molecular formula is C9H18F3O5PS. The van der Waals surface area contributed by atoms with Crippen molar-refractivity contribution in [1.82, 2.24) is 0 Å². The summed E-state index contributed by atoms with van der Waals surface area (Å²) in [4.78, 5) is 0. The maximum Gasteiger partial charge on any atom is 0.523 e. The molecule has 116 valence electrons. The van der Waals surface area contributed by atoms with Crippen molar-refractivity contribution in [2.24, 2.45) is 0 Å². The predicted molar refractivity (Wildman–Crippen MR) is 64.7 cm³/mol. The normalized spacial score (nSPS) is 13.2. The molecule has 0 aromatic rings. The smallest absolute Gasteiger partial charge is 0.312 e. The Morgan fingerprint density at radius 3 is 1.74 bits per heavy atom. The fraction of sp³-hybridized carbons (Fsp3) is 1.00. The van der Waals surface area contributed by atoms with Gasteiger partial charge in [-0.1, -0.05) is 26.7 Å². The summed E-state index contributed by atoms with van der Waals surface area (Å²) in [7, 11) is -8.24. The standard InChI is InChI=1S/C9H18F3O5PS/c1-3-5-7-15-18(16-8-6-4-2)17-19(13,14)9(10,11)12/h3-8H2,1-2H3. The fourth-order valence-corrected chi connectivity index (χ4v) is 2.72. The average molecular weight is 326 g/mol. The van der Waals surface area contributed by atoms with Crippen LogP contribution in [0.15, 0.2) is 0 Å². The van der Waals surface area contributed by atoms with Crippen LogP contribution in [0.25, 0.3) is 0 Å². The molecule has 0 rings (SSSR count). The molecule has 0 aliphatic carbocycles. The first kappa shape index (κ1) is 19.1. The predicted octanol–water partition coefficient (Wildman–Crippen LogP) is 3.71. The molecule has 0 aliphatic heterocycles. The minimum Gasteiger partial charge on any atom is -0.312 e. The number of alkyl halides is 3. The molecule has 0 radical (unpaired) electrons. The van der Waals surface area contributed by atoms with Crippen LogP contribution in [0.2, 0.25) is 0 Å². The molecule has 0 spiro atoms. The largest absolute Gasteiger partial charge is 0.523 e.